The second-order valence-electron chi connectivity index (χ2n) is 3.22. The summed E-state index contributed by atoms with van der Waals surface area (Å²) in [5, 5.41) is 0. The van der Waals surface area contributed by atoms with Crippen LogP contribution >= 0.6 is 11.8 Å². The molecule has 13 heavy (non-hydrogen) atoms. The van der Waals surface area contributed by atoms with Crippen LogP contribution < -0.4 is 5.73 Å². The molecule has 72 valence electrons. The second-order valence-corrected chi connectivity index (χ2v) is 4.27. The van der Waals surface area contributed by atoms with Gasteiger partial charge in [0.05, 0.1) is 0 Å². The lowest BCUT2D eigenvalue weighted by molar-refractivity contribution is 0.234. The van der Waals surface area contributed by atoms with Crippen molar-refractivity contribution in [2.45, 2.75) is 17.5 Å². The van der Waals surface area contributed by atoms with Crippen LogP contribution in [0.15, 0.2) is 35.2 Å². The lowest BCUT2D eigenvalue weighted by Gasteiger charge is -2.16. The van der Waals surface area contributed by atoms with E-state index >= 15 is 0 Å². The summed E-state index contributed by atoms with van der Waals surface area (Å²) >= 11 is 1.50. The molecule has 0 spiro atoms. The molecule has 0 saturated heterocycles. The van der Waals surface area contributed by atoms with Gasteiger partial charge in [-0.3, -0.25) is 0 Å². The topological polar surface area (TPSA) is 26.0 Å². The molecule has 0 amide bonds. The van der Waals surface area contributed by atoms with Crippen LogP contribution in [0.3, 0.4) is 0 Å². The number of rotatable bonds is 4. The van der Waals surface area contributed by atoms with Gasteiger partial charge in [0.2, 0.25) is 0 Å². The van der Waals surface area contributed by atoms with Gasteiger partial charge in [-0.1, -0.05) is 18.2 Å². The molecule has 2 N–H and O–H groups in total. The highest BCUT2D eigenvalue weighted by molar-refractivity contribution is 7.99. The van der Waals surface area contributed by atoms with Crippen molar-refractivity contribution in [1.29, 1.82) is 0 Å². The first kappa shape index (κ1) is 10.5. The molecule has 0 bridgehead atoms. The minimum absolute atomic E-state index is 0.0762. The maximum atomic E-state index is 13.4. The Hall–Kier alpha value is -0.540. The summed E-state index contributed by atoms with van der Waals surface area (Å²) in [6.45, 7) is 1.61. The molecule has 1 atom stereocenters. The zero-order valence-electron chi connectivity index (χ0n) is 7.66. The van der Waals surface area contributed by atoms with Gasteiger partial charge >= 0.3 is 0 Å². The summed E-state index contributed by atoms with van der Waals surface area (Å²) in [4.78, 5) is 1.08. The number of hydrogen-bond acceptors (Lipinski definition) is 2. The van der Waals surface area contributed by atoms with Crippen LogP contribution in [-0.4, -0.2) is 18.0 Å². The average molecular weight is 199 g/mol. The van der Waals surface area contributed by atoms with Crippen LogP contribution in [0.5, 0.6) is 0 Å². The van der Waals surface area contributed by atoms with Crippen LogP contribution in [0.25, 0.3) is 0 Å². The molecule has 0 aliphatic heterocycles. The van der Waals surface area contributed by atoms with Crippen LogP contribution in [-0.2, 0) is 0 Å². The van der Waals surface area contributed by atoms with Gasteiger partial charge in [-0.2, -0.15) is 0 Å². The smallest absolute Gasteiger partial charge is 0.129 e. The van der Waals surface area contributed by atoms with Crippen molar-refractivity contribution in [1.82, 2.24) is 0 Å². The molecule has 0 aliphatic rings. The fourth-order valence-electron chi connectivity index (χ4n) is 0.809. The van der Waals surface area contributed by atoms with Crippen molar-refractivity contribution in [2.75, 3.05) is 12.3 Å². The summed E-state index contributed by atoms with van der Waals surface area (Å²) in [5.41, 5.74) is 4.02. The SMILES string of the molecule is CC(F)(CN)CSc1ccccc1. The van der Waals surface area contributed by atoms with Crippen molar-refractivity contribution in [3.63, 3.8) is 0 Å². The highest BCUT2D eigenvalue weighted by Crippen LogP contribution is 2.23. The first-order valence-electron chi connectivity index (χ1n) is 4.21. The Labute approximate surface area is 82.5 Å². The van der Waals surface area contributed by atoms with Gasteiger partial charge in [0.25, 0.3) is 0 Å². The fourth-order valence-corrected chi connectivity index (χ4v) is 1.74. The van der Waals surface area contributed by atoms with Crippen LogP contribution in [0, 0.1) is 0 Å². The van der Waals surface area contributed by atoms with Crippen molar-refractivity contribution >= 4 is 11.8 Å². The van der Waals surface area contributed by atoms with Crippen LogP contribution in [0.1, 0.15) is 6.92 Å². The Morgan fingerprint density at radius 2 is 2.00 bits per heavy atom. The summed E-state index contributed by atoms with van der Waals surface area (Å²) < 4.78 is 13.4. The standard InChI is InChI=1S/C10H14FNS/c1-10(11,7-12)8-13-9-5-3-2-4-6-9/h2-6H,7-8,12H2,1H3. The largest absolute Gasteiger partial charge is 0.328 e. The van der Waals surface area contributed by atoms with E-state index in [-0.39, 0.29) is 6.54 Å². The van der Waals surface area contributed by atoms with E-state index in [9.17, 15) is 4.39 Å². The van der Waals surface area contributed by atoms with Crippen molar-refractivity contribution in [3.05, 3.63) is 30.3 Å². The number of thioether (sulfide) groups is 1. The molecular weight excluding hydrogens is 185 g/mol. The lowest BCUT2D eigenvalue weighted by Crippen LogP contribution is -2.31. The lowest BCUT2D eigenvalue weighted by atomic mass is 10.2. The van der Waals surface area contributed by atoms with Gasteiger partial charge < -0.3 is 5.73 Å². The first-order chi connectivity index (χ1) is 6.14. The Morgan fingerprint density at radius 1 is 1.38 bits per heavy atom. The van der Waals surface area contributed by atoms with E-state index in [1.165, 1.54) is 18.7 Å². The molecule has 1 aromatic carbocycles. The quantitative estimate of drug-likeness (QED) is 0.754. The van der Waals surface area contributed by atoms with Crippen LogP contribution in [0.2, 0.25) is 0 Å². The zero-order valence-corrected chi connectivity index (χ0v) is 8.48. The van der Waals surface area contributed by atoms with E-state index < -0.39 is 5.67 Å². The molecule has 3 heteroatoms. The third kappa shape index (κ3) is 3.79. The van der Waals surface area contributed by atoms with E-state index in [4.69, 9.17) is 5.73 Å². The molecule has 1 aromatic rings. The van der Waals surface area contributed by atoms with E-state index in [0.29, 0.717) is 5.75 Å². The minimum atomic E-state index is -1.26. The summed E-state index contributed by atoms with van der Waals surface area (Å²) in [6.07, 6.45) is 0. The maximum absolute atomic E-state index is 13.4. The van der Waals surface area contributed by atoms with E-state index in [1.54, 1.807) is 0 Å². The fraction of sp³-hybridized carbons (Fsp3) is 0.400. The third-order valence-corrected chi connectivity index (χ3v) is 3.06. The van der Waals surface area contributed by atoms with Crippen molar-refractivity contribution < 1.29 is 4.39 Å². The number of alkyl halides is 1. The number of nitrogens with two attached hydrogens (primary N) is 1. The Balaban J connectivity index is 2.44. The van der Waals surface area contributed by atoms with Gasteiger partial charge in [-0.25, -0.2) is 4.39 Å². The molecule has 1 nitrogen and oxygen atoms in total. The molecule has 0 aliphatic carbocycles. The van der Waals surface area contributed by atoms with Crippen molar-refractivity contribution in [2.24, 2.45) is 5.73 Å². The zero-order chi connectivity index (χ0) is 9.73. The Kier molecular flexibility index (Phi) is 3.75. The van der Waals surface area contributed by atoms with Gasteiger partial charge in [-0.05, 0) is 19.1 Å². The molecule has 1 rings (SSSR count). The highest BCUT2D eigenvalue weighted by Gasteiger charge is 2.20. The molecule has 1 unspecified atom stereocenters. The predicted octanol–water partition coefficient (Wildman–Crippen LogP) is 2.47. The predicted molar refractivity (Wildman–Crippen MR) is 55.7 cm³/mol. The average Bonchev–Trinajstić information content (AvgIpc) is 2.17. The monoisotopic (exact) mass is 199 g/mol. The maximum Gasteiger partial charge on any atom is 0.129 e. The van der Waals surface area contributed by atoms with E-state index in [1.807, 2.05) is 30.3 Å². The normalized spacial score (nSPS) is 15.3. The Morgan fingerprint density at radius 3 is 2.54 bits per heavy atom. The van der Waals surface area contributed by atoms with Gasteiger partial charge in [-0.15, -0.1) is 11.8 Å². The van der Waals surface area contributed by atoms with E-state index in [2.05, 4.69) is 0 Å². The van der Waals surface area contributed by atoms with E-state index in [0.717, 1.165) is 4.90 Å². The van der Waals surface area contributed by atoms with Crippen LogP contribution in [0.4, 0.5) is 4.39 Å². The molecule has 0 saturated carbocycles. The second kappa shape index (κ2) is 4.63. The molecule has 0 fully saturated rings. The Bertz CT molecular complexity index is 248. The van der Waals surface area contributed by atoms with Gasteiger partial charge in [0.1, 0.15) is 5.67 Å². The molecular formula is C10H14FNS. The minimum Gasteiger partial charge on any atom is -0.328 e. The van der Waals surface area contributed by atoms with Crippen molar-refractivity contribution in [3.8, 4) is 0 Å². The molecule has 0 heterocycles. The highest BCUT2D eigenvalue weighted by atomic mass is 32.2. The van der Waals surface area contributed by atoms with Gasteiger partial charge in [0, 0.05) is 17.2 Å². The third-order valence-electron chi connectivity index (χ3n) is 1.71. The number of halogens is 1. The number of hydrogen-bond donors (Lipinski definition) is 1. The summed E-state index contributed by atoms with van der Waals surface area (Å²) in [7, 11) is 0. The number of benzene rings is 1. The first-order valence-corrected chi connectivity index (χ1v) is 5.19. The molecule has 0 aromatic heterocycles. The summed E-state index contributed by atoms with van der Waals surface area (Å²) in [6, 6.07) is 9.77. The van der Waals surface area contributed by atoms with Gasteiger partial charge in [0.15, 0.2) is 0 Å². The summed E-state index contributed by atoms with van der Waals surface area (Å²) in [5.74, 6) is 0.410. The molecule has 0 radical (unpaired) electrons.